The minimum absolute atomic E-state index is 0.0659. The van der Waals surface area contributed by atoms with Crippen molar-refractivity contribution in [1.29, 1.82) is 0 Å². The van der Waals surface area contributed by atoms with Crippen LogP contribution in [0.2, 0.25) is 0 Å². The Labute approximate surface area is 237 Å². The summed E-state index contributed by atoms with van der Waals surface area (Å²) in [6, 6.07) is 0.458. The zero-order chi connectivity index (χ0) is 28.4. The predicted molar refractivity (Wildman–Crippen MR) is 148 cm³/mol. The van der Waals surface area contributed by atoms with Crippen molar-refractivity contribution in [2.75, 3.05) is 26.2 Å². The van der Waals surface area contributed by atoms with Gasteiger partial charge in [0.25, 0.3) is 0 Å². The molecule has 6 rings (SSSR count). The lowest BCUT2D eigenvalue weighted by atomic mass is 9.43. The summed E-state index contributed by atoms with van der Waals surface area (Å²) in [5.41, 5.74) is -0.528. The van der Waals surface area contributed by atoms with E-state index in [2.05, 4.69) is 31.4 Å². The number of fused-ring (bicyclic) bond motifs is 5. The van der Waals surface area contributed by atoms with Crippen LogP contribution in [0.25, 0.3) is 0 Å². The number of hydrogen-bond acceptors (Lipinski definition) is 7. The molecule has 40 heavy (non-hydrogen) atoms. The minimum Gasteiger partial charge on any atom is -0.462 e. The molecule has 2 amide bonds. The summed E-state index contributed by atoms with van der Waals surface area (Å²) >= 11 is 0. The second-order valence-electron chi connectivity index (χ2n) is 14.2. The molecular formula is C31H47N3O6. The van der Waals surface area contributed by atoms with Gasteiger partial charge in [0.05, 0.1) is 5.60 Å². The molecule has 9 nitrogen and oxygen atoms in total. The number of carbonyl (C=O) groups excluding carboxylic acids is 3. The molecule has 0 aromatic carbocycles. The number of esters is 2. The average molecular weight is 558 g/mol. The summed E-state index contributed by atoms with van der Waals surface area (Å²) in [6.45, 7) is 10.7. The van der Waals surface area contributed by atoms with Gasteiger partial charge in [0, 0.05) is 62.5 Å². The van der Waals surface area contributed by atoms with Crippen LogP contribution in [0.3, 0.4) is 0 Å². The predicted octanol–water partition coefficient (Wildman–Crippen LogP) is 3.16. The first-order valence-corrected chi connectivity index (χ1v) is 15.5. The fourth-order valence-corrected chi connectivity index (χ4v) is 10.3. The number of rotatable bonds is 3. The maximum atomic E-state index is 13.1. The van der Waals surface area contributed by atoms with Crippen LogP contribution in [-0.2, 0) is 19.1 Å². The monoisotopic (exact) mass is 557 g/mol. The summed E-state index contributed by atoms with van der Waals surface area (Å²) in [5.74, 6) is 0.0642. The Kier molecular flexibility index (Phi) is 7.00. The standard InChI is InChI=1S/C31H47N3O6/c1-18-16-32-11-12-34(18)28(37)33-22-7-9-29(3)21(14-22)5-6-24-23(29)8-10-30(4)27(20-13-26(36)39-17-20)25(40-19(2)35)15-31(24,30)38/h13,18,21-25,27,32,38H,5-12,14-17H2,1-4H3,(H,33,37)/t18?,21-,22+,23+,24-,25+,27+,29+,30-,31+/m1/s1. The summed E-state index contributed by atoms with van der Waals surface area (Å²) in [5, 5.41) is 19.4. The zero-order valence-electron chi connectivity index (χ0n) is 24.5. The number of nitrogens with one attached hydrogen (secondary N) is 2. The van der Waals surface area contributed by atoms with Gasteiger partial charge < -0.3 is 30.1 Å². The molecule has 0 aromatic heterocycles. The highest BCUT2D eigenvalue weighted by Gasteiger charge is 2.71. The lowest BCUT2D eigenvalue weighted by molar-refractivity contribution is -0.204. The highest BCUT2D eigenvalue weighted by Crippen LogP contribution is 2.70. The van der Waals surface area contributed by atoms with E-state index in [9.17, 15) is 19.5 Å². The number of hydrogen-bond donors (Lipinski definition) is 3. The molecule has 4 aliphatic carbocycles. The molecule has 4 saturated carbocycles. The van der Waals surface area contributed by atoms with E-state index >= 15 is 0 Å². The van der Waals surface area contributed by atoms with Crippen molar-refractivity contribution in [3.63, 3.8) is 0 Å². The van der Waals surface area contributed by atoms with Crippen LogP contribution in [0, 0.1) is 34.5 Å². The van der Waals surface area contributed by atoms with Crippen LogP contribution in [-0.4, -0.2) is 78.0 Å². The first-order valence-electron chi connectivity index (χ1n) is 15.5. The Morgan fingerprint density at radius 3 is 2.67 bits per heavy atom. The topological polar surface area (TPSA) is 117 Å². The molecule has 222 valence electrons. The molecular weight excluding hydrogens is 510 g/mol. The number of ether oxygens (including phenoxy) is 2. The fourth-order valence-electron chi connectivity index (χ4n) is 10.3. The second-order valence-corrected chi connectivity index (χ2v) is 14.2. The number of nitrogens with zero attached hydrogens (tertiary/aromatic N) is 1. The average Bonchev–Trinajstić information content (AvgIpc) is 3.41. The fraction of sp³-hybridized carbons (Fsp3) is 0.839. The quantitative estimate of drug-likeness (QED) is 0.457. The number of carbonyl (C=O) groups is 3. The van der Waals surface area contributed by atoms with Crippen LogP contribution >= 0.6 is 0 Å². The Morgan fingerprint density at radius 1 is 1.18 bits per heavy atom. The molecule has 9 heteroatoms. The Bertz CT molecular complexity index is 1090. The SMILES string of the molecule is CC(=O)O[C@H]1C[C@]2(O)[C@@H]3CC[C@@H]4C[C@@H](NC(=O)N5CCNCC5C)CC[C@]4(C)[C@H]3CC[C@]2(C)[C@H]1C1=CC(=O)OC1. The van der Waals surface area contributed by atoms with Gasteiger partial charge in [-0.25, -0.2) is 9.59 Å². The molecule has 0 aromatic rings. The highest BCUT2D eigenvalue weighted by atomic mass is 16.5. The van der Waals surface area contributed by atoms with Crippen LogP contribution in [0.4, 0.5) is 4.79 Å². The van der Waals surface area contributed by atoms with Crippen molar-refractivity contribution in [2.24, 2.45) is 34.5 Å². The number of aliphatic hydroxyl groups is 1. The van der Waals surface area contributed by atoms with Crippen LogP contribution in [0.5, 0.6) is 0 Å². The Morgan fingerprint density at radius 2 is 1.98 bits per heavy atom. The highest BCUT2D eigenvalue weighted by molar-refractivity contribution is 5.85. The molecule has 1 unspecified atom stereocenters. The normalized spacial score (nSPS) is 46.4. The molecule has 0 bridgehead atoms. The van der Waals surface area contributed by atoms with E-state index in [1.165, 1.54) is 6.92 Å². The smallest absolute Gasteiger partial charge is 0.331 e. The van der Waals surface area contributed by atoms with Gasteiger partial charge >= 0.3 is 18.0 Å². The van der Waals surface area contributed by atoms with Crippen molar-refractivity contribution >= 4 is 18.0 Å². The van der Waals surface area contributed by atoms with E-state index in [0.29, 0.717) is 18.3 Å². The molecule has 2 aliphatic heterocycles. The summed E-state index contributed by atoms with van der Waals surface area (Å²) in [4.78, 5) is 39.2. The molecule has 0 spiro atoms. The molecule has 1 saturated heterocycles. The van der Waals surface area contributed by atoms with E-state index in [-0.39, 0.29) is 53.9 Å². The Balaban J connectivity index is 1.20. The lowest BCUT2D eigenvalue weighted by Gasteiger charge is -2.63. The van der Waals surface area contributed by atoms with Crippen molar-refractivity contribution in [1.82, 2.24) is 15.5 Å². The summed E-state index contributed by atoms with van der Waals surface area (Å²) in [7, 11) is 0. The first-order chi connectivity index (χ1) is 19.0. The van der Waals surface area contributed by atoms with Gasteiger partial charge in [0.1, 0.15) is 12.7 Å². The van der Waals surface area contributed by atoms with Gasteiger partial charge in [-0.3, -0.25) is 4.79 Å². The van der Waals surface area contributed by atoms with E-state index in [4.69, 9.17) is 9.47 Å². The lowest BCUT2D eigenvalue weighted by Crippen LogP contribution is -2.63. The van der Waals surface area contributed by atoms with Crippen LogP contribution in [0.15, 0.2) is 11.6 Å². The molecule has 10 atom stereocenters. The second kappa shape index (κ2) is 10.0. The third-order valence-corrected chi connectivity index (χ3v) is 12.3. The molecule has 5 fully saturated rings. The zero-order valence-corrected chi connectivity index (χ0v) is 24.5. The van der Waals surface area contributed by atoms with Gasteiger partial charge in [0.2, 0.25) is 0 Å². The van der Waals surface area contributed by atoms with Gasteiger partial charge in [-0.05, 0) is 80.6 Å². The minimum atomic E-state index is -0.981. The maximum Gasteiger partial charge on any atom is 0.331 e. The number of urea groups is 1. The van der Waals surface area contributed by atoms with E-state index in [0.717, 1.165) is 70.2 Å². The van der Waals surface area contributed by atoms with Crippen molar-refractivity contribution in [3.05, 3.63) is 11.6 Å². The van der Waals surface area contributed by atoms with Crippen molar-refractivity contribution in [3.8, 4) is 0 Å². The summed E-state index contributed by atoms with van der Waals surface area (Å²) < 4.78 is 11.1. The van der Waals surface area contributed by atoms with E-state index in [1.54, 1.807) is 6.08 Å². The van der Waals surface area contributed by atoms with Crippen molar-refractivity contribution < 1.29 is 29.0 Å². The van der Waals surface area contributed by atoms with Crippen LogP contribution < -0.4 is 10.6 Å². The Hall–Kier alpha value is -2.13. The third-order valence-electron chi connectivity index (χ3n) is 12.3. The van der Waals surface area contributed by atoms with Gasteiger partial charge in [-0.15, -0.1) is 0 Å². The van der Waals surface area contributed by atoms with Gasteiger partial charge in [0.15, 0.2) is 0 Å². The number of cyclic esters (lactones) is 1. The van der Waals surface area contributed by atoms with Gasteiger partial charge in [-0.1, -0.05) is 13.8 Å². The van der Waals surface area contributed by atoms with Gasteiger partial charge in [-0.2, -0.15) is 0 Å². The first kappa shape index (κ1) is 28.0. The van der Waals surface area contributed by atoms with Crippen LogP contribution in [0.1, 0.15) is 79.1 Å². The number of piperazine rings is 1. The number of amides is 2. The third kappa shape index (κ3) is 4.29. The van der Waals surface area contributed by atoms with E-state index < -0.39 is 17.1 Å². The van der Waals surface area contributed by atoms with Crippen molar-refractivity contribution in [2.45, 2.75) is 103 Å². The van der Waals surface area contributed by atoms with E-state index in [1.807, 2.05) is 4.90 Å². The molecule has 2 heterocycles. The molecule has 6 aliphatic rings. The molecule has 0 radical (unpaired) electrons. The summed E-state index contributed by atoms with van der Waals surface area (Å²) in [6.07, 6.45) is 8.28. The maximum absolute atomic E-state index is 13.1. The molecule has 3 N–H and O–H groups in total. The largest absolute Gasteiger partial charge is 0.462 e.